The van der Waals surface area contributed by atoms with Crippen LogP contribution in [0, 0.1) is 6.92 Å². The van der Waals surface area contributed by atoms with Crippen molar-refractivity contribution >= 4 is 17.6 Å². The molecule has 0 aliphatic heterocycles. The normalized spacial score (nSPS) is 10.0. The van der Waals surface area contributed by atoms with E-state index in [0.717, 1.165) is 5.56 Å². The minimum atomic E-state index is -0.410. The Hall–Kier alpha value is -2.62. The van der Waals surface area contributed by atoms with Crippen molar-refractivity contribution in [3.8, 4) is 5.75 Å². The van der Waals surface area contributed by atoms with E-state index in [4.69, 9.17) is 4.74 Å². The van der Waals surface area contributed by atoms with Crippen LogP contribution in [0.15, 0.2) is 48.5 Å². The molecular formula is C17H17NO3. The Balaban J connectivity index is 2.13. The highest BCUT2D eigenvalue weighted by Crippen LogP contribution is 2.19. The third kappa shape index (κ3) is 3.92. The maximum atomic E-state index is 12.1. The van der Waals surface area contributed by atoms with Gasteiger partial charge in [0.15, 0.2) is 0 Å². The first-order valence-corrected chi connectivity index (χ1v) is 6.78. The molecule has 4 heteroatoms. The number of anilines is 1. The molecule has 2 rings (SSSR count). The van der Waals surface area contributed by atoms with Crippen molar-refractivity contribution in [2.24, 2.45) is 0 Å². The van der Waals surface area contributed by atoms with E-state index >= 15 is 0 Å². The van der Waals surface area contributed by atoms with E-state index in [1.54, 1.807) is 43.3 Å². The van der Waals surface area contributed by atoms with Crippen LogP contribution in [0.3, 0.4) is 0 Å². The van der Waals surface area contributed by atoms with Gasteiger partial charge in [-0.1, -0.05) is 31.2 Å². The minimum Gasteiger partial charge on any atom is -0.423 e. The summed E-state index contributed by atoms with van der Waals surface area (Å²) in [6.07, 6.45) is 0.396. The van der Waals surface area contributed by atoms with Gasteiger partial charge in [0.25, 0.3) is 0 Å². The highest BCUT2D eigenvalue weighted by Gasteiger charge is 2.11. The van der Waals surface area contributed by atoms with Gasteiger partial charge in [-0.3, -0.25) is 4.79 Å². The number of hydrogen-bond acceptors (Lipinski definition) is 3. The zero-order valence-corrected chi connectivity index (χ0v) is 12.1. The van der Waals surface area contributed by atoms with E-state index in [1.807, 2.05) is 19.1 Å². The van der Waals surface area contributed by atoms with Crippen molar-refractivity contribution < 1.29 is 14.3 Å². The van der Waals surface area contributed by atoms with Crippen molar-refractivity contribution in [2.75, 3.05) is 5.32 Å². The summed E-state index contributed by atoms with van der Waals surface area (Å²) in [6.45, 7) is 3.63. The molecule has 0 bridgehead atoms. The lowest BCUT2D eigenvalue weighted by molar-refractivity contribution is -0.115. The Morgan fingerprint density at radius 3 is 2.57 bits per heavy atom. The maximum Gasteiger partial charge on any atom is 0.343 e. The average molecular weight is 283 g/mol. The molecule has 2 aromatic rings. The molecule has 0 aliphatic rings. The van der Waals surface area contributed by atoms with Crippen LogP contribution in [0.1, 0.15) is 29.3 Å². The second kappa shape index (κ2) is 6.70. The van der Waals surface area contributed by atoms with Crippen LogP contribution in [0.5, 0.6) is 5.75 Å². The zero-order valence-electron chi connectivity index (χ0n) is 12.1. The van der Waals surface area contributed by atoms with Gasteiger partial charge in [0, 0.05) is 18.2 Å². The van der Waals surface area contributed by atoms with Gasteiger partial charge in [-0.25, -0.2) is 4.79 Å². The molecule has 0 radical (unpaired) electrons. The lowest BCUT2D eigenvalue weighted by atomic mass is 10.1. The van der Waals surface area contributed by atoms with E-state index in [0.29, 0.717) is 23.4 Å². The fourth-order valence-corrected chi connectivity index (χ4v) is 1.85. The molecule has 1 amide bonds. The van der Waals surface area contributed by atoms with Gasteiger partial charge in [0.1, 0.15) is 5.75 Å². The predicted octanol–water partition coefficient (Wildman–Crippen LogP) is 3.56. The van der Waals surface area contributed by atoms with Crippen molar-refractivity contribution in [1.29, 1.82) is 0 Å². The Morgan fingerprint density at radius 1 is 1.10 bits per heavy atom. The van der Waals surface area contributed by atoms with E-state index in [1.165, 1.54) is 0 Å². The lowest BCUT2D eigenvalue weighted by Gasteiger charge is -2.08. The fraction of sp³-hybridized carbons (Fsp3) is 0.176. The number of nitrogens with one attached hydrogen (secondary N) is 1. The molecule has 0 saturated heterocycles. The molecule has 0 spiro atoms. The summed E-state index contributed by atoms with van der Waals surface area (Å²) in [4.78, 5) is 23.5. The molecule has 21 heavy (non-hydrogen) atoms. The molecule has 0 saturated carbocycles. The first-order chi connectivity index (χ1) is 10.1. The molecule has 1 N–H and O–H groups in total. The highest BCUT2D eigenvalue weighted by molar-refractivity contribution is 5.93. The van der Waals surface area contributed by atoms with Gasteiger partial charge in [-0.15, -0.1) is 0 Å². The van der Waals surface area contributed by atoms with Gasteiger partial charge < -0.3 is 10.1 Å². The van der Waals surface area contributed by atoms with Gasteiger partial charge in [0.2, 0.25) is 5.91 Å². The first kappa shape index (κ1) is 14.8. The monoisotopic (exact) mass is 283 g/mol. The standard InChI is InChI=1S/C17H17NO3/c1-3-16(19)18-13-8-6-9-14(11-13)21-17(20)15-10-5-4-7-12(15)2/h4-11H,3H2,1-2H3,(H,18,19). The van der Waals surface area contributed by atoms with E-state index in [2.05, 4.69) is 5.32 Å². The molecule has 0 unspecified atom stereocenters. The van der Waals surface area contributed by atoms with Crippen molar-refractivity contribution in [3.05, 3.63) is 59.7 Å². The van der Waals surface area contributed by atoms with Gasteiger partial charge >= 0.3 is 5.97 Å². The maximum absolute atomic E-state index is 12.1. The largest absolute Gasteiger partial charge is 0.423 e. The fourth-order valence-electron chi connectivity index (χ4n) is 1.85. The zero-order chi connectivity index (χ0) is 15.2. The summed E-state index contributed by atoms with van der Waals surface area (Å²) >= 11 is 0. The smallest absolute Gasteiger partial charge is 0.343 e. The summed E-state index contributed by atoms with van der Waals surface area (Å²) in [7, 11) is 0. The first-order valence-electron chi connectivity index (χ1n) is 6.78. The number of rotatable bonds is 4. The molecular weight excluding hydrogens is 266 g/mol. The van der Waals surface area contributed by atoms with Crippen molar-refractivity contribution in [2.45, 2.75) is 20.3 Å². The highest BCUT2D eigenvalue weighted by atomic mass is 16.5. The van der Waals surface area contributed by atoms with Gasteiger partial charge in [-0.05, 0) is 30.7 Å². The number of hydrogen-bond donors (Lipinski definition) is 1. The van der Waals surface area contributed by atoms with Crippen LogP contribution in [-0.4, -0.2) is 11.9 Å². The Kier molecular flexibility index (Phi) is 4.72. The number of aryl methyl sites for hydroxylation is 1. The number of benzene rings is 2. The molecule has 2 aromatic carbocycles. The number of amides is 1. The topological polar surface area (TPSA) is 55.4 Å². The van der Waals surface area contributed by atoms with Crippen LogP contribution in [-0.2, 0) is 4.79 Å². The minimum absolute atomic E-state index is 0.0858. The van der Waals surface area contributed by atoms with Gasteiger partial charge in [-0.2, -0.15) is 0 Å². The molecule has 0 aromatic heterocycles. The van der Waals surface area contributed by atoms with Crippen LogP contribution in [0.4, 0.5) is 5.69 Å². The van der Waals surface area contributed by atoms with Crippen LogP contribution in [0.2, 0.25) is 0 Å². The number of esters is 1. The van der Waals surface area contributed by atoms with Gasteiger partial charge in [0.05, 0.1) is 5.56 Å². The van der Waals surface area contributed by atoms with E-state index < -0.39 is 5.97 Å². The van der Waals surface area contributed by atoms with Crippen LogP contribution in [0.25, 0.3) is 0 Å². The van der Waals surface area contributed by atoms with E-state index in [9.17, 15) is 9.59 Å². The summed E-state index contributed by atoms with van der Waals surface area (Å²) in [6, 6.07) is 14.0. The van der Waals surface area contributed by atoms with Crippen LogP contribution >= 0.6 is 0 Å². The molecule has 0 aliphatic carbocycles. The molecule has 0 fully saturated rings. The number of ether oxygens (including phenoxy) is 1. The second-order valence-electron chi connectivity index (χ2n) is 4.63. The quantitative estimate of drug-likeness (QED) is 0.689. The third-order valence-electron chi connectivity index (χ3n) is 3.01. The summed E-state index contributed by atoms with van der Waals surface area (Å²) < 4.78 is 5.35. The Morgan fingerprint density at radius 2 is 1.86 bits per heavy atom. The van der Waals surface area contributed by atoms with Crippen molar-refractivity contribution in [1.82, 2.24) is 0 Å². The molecule has 0 atom stereocenters. The lowest BCUT2D eigenvalue weighted by Crippen LogP contribution is -2.11. The second-order valence-corrected chi connectivity index (χ2v) is 4.63. The molecule has 108 valence electrons. The van der Waals surface area contributed by atoms with Crippen molar-refractivity contribution in [3.63, 3.8) is 0 Å². The average Bonchev–Trinajstić information content (AvgIpc) is 2.47. The Bertz CT molecular complexity index is 665. The third-order valence-corrected chi connectivity index (χ3v) is 3.01. The SMILES string of the molecule is CCC(=O)Nc1cccc(OC(=O)c2ccccc2C)c1. The summed E-state index contributed by atoms with van der Waals surface area (Å²) in [5, 5.41) is 2.73. The number of carbonyl (C=O) groups is 2. The van der Waals surface area contributed by atoms with Crippen LogP contribution < -0.4 is 10.1 Å². The Labute approximate surface area is 123 Å². The molecule has 4 nitrogen and oxygen atoms in total. The summed E-state index contributed by atoms with van der Waals surface area (Å²) in [5.74, 6) is -0.0957. The predicted molar refractivity (Wildman–Crippen MR) is 81.5 cm³/mol. The number of carbonyl (C=O) groups excluding carboxylic acids is 2. The molecule has 0 heterocycles. The summed E-state index contributed by atoms with van der Waals surface area (Å²) in [5.41, 5.74) is 2.00. The van der Waals surface area contributed by atoms with E-state index in [-0.39, 0.29) is 5.91 Å².